The van der Waals surface area contributed by atoms with Crippen LogP contribution in [0.2, 0.25) is 0 Å². The van der Waals surface area contributed by atoms with Gasteiger partial charge in [-0.05, 0) is 57.7 Å². The van der Waals surface area contributed by atoms with E-state index in [1.807, 2.05) is 0 Å². The molecule has 5 heteroatoms. The lowest BCUT2D eigenvalue weighted by Gasteiger charge is -2.33. The number of piperidine rings is 1. The van der Waals surface area contributed by atoms with E-state index in [1.165, 1.54) is 69.8 Å². The van der Waals surface area contributed by atoms with E-state index in [2.05, 4.69) is 46.3 Å². The second-order valence-corrected chi connectivity index (χ2v) is 8.80. The minimum atomic E-state index is 0.736. The van der Waals surface area contributed by atoms with Crippen LogP contribution in [0.5, 0.6) is 0 Å². The fraction of sp³-hybridized carbons (Fsp3) is 0.667. The Hall–Kier alpha value is -1.88. The molecule has 1 N–H and O–H groups in total. The zero-order valence-electron chi connectivity index (χ0n) is 18.1. The summed E-state index contributed by atoms with van der Waals surface area (Å²) in [5, 5.41) is 4.70. The van der Waals surface area contributed by atoms with E-state index in [0.29, 0.717) is 0 Å². The molecule has 0 saturated carbocycles. The van der Waals surface area contributed by atoms with Crippen molar-refractivity contribution < 1.29 is 0 Å². The maximum absolute atomic E-state index is 4.99. The zero-order chi connectivity index (χ0) is 19.9. The highest BCUT2D eigenvalue weighted by Gasteiger charge is 2.18. The molecule has 1 unspecified atom stereocenters. The molecule has 3 heterocycles. The first-order valence-corrected chi connectivity index (χ1v) is 11.8. The molecule has 2 aliphatic rings. The highest BCUT2D eigenvalue weighted by atomic mass is 15.2. The Morgan fingerprint density at radius 1 is 0.931 bits per heavy atom. The average molecular weight is 396 g/mol. The summed E-state index contributed by atoms with van der Waals surface area (Å²) in [5.41, 5.74) is 1.05. The molecular weight excluding hydrogens is 358 g/mol. The molecule has 0 spiro atoms. The summed E-state index contributed by atoms with van der Waals surface area (Å²) in [4.78, 5) is 14.9. The summed E-state index contributed by atoms with van der Waals surface area (Å²) in [6.07, 6.45) is 11.8. The second-order valence-electron chi connectivity index (χ2n) is 8.80. The predicted octanol–water partition coefficient (Wildman–Crippen LogP) is 5.08. The lowest BCUT2D eigenvalue weighted by Crippen LogP contribution is -2.38. The van der Waals surface area contributed by atoms with Gasteiger partial charge in [-0.15, -0.1) is 0 Å². The summed E-state index contributed by atoms with van der Waals surface area (Å²) in [7, 11) is 0. The Labute approximate surface area is 175 Å². The van der Waals surface area contributed by atoms with Crippen LogP contribution in [0, 0.1) is 0 Å². The quantitative estimate of drug-likeness (QED) is 0.691. The largest absolute Gasteiger partial charge is 0.356 e. The molecule has 0 amide bonds. The molecule has 1 aromatic heterocycles. The average Bonchev–Trinajstić information content (AvgIpc) is 2.72. The smallest absolute Gasteiger partial charge is 0.225 e. The molecule has 0 aliphatic carbocycles. The molecule has 0 bridgehead atoms. The van der Waals surface area contributed by atoms with E-state index in [9.17, 15) is 0 Å². The molecule has 29 heavy (non-hydrogen) atoms. The van der Waals surface area contributed by atoms with Crippen LogP contribution in [0.15, 0.2) is 24.3 Å². The van der Waals surface area contributed by atoms with Gasteiger partial charge in [0.1, 0.15) is 5.82 Å². The highest BCUT2D eigenvalue weighted by molar-refractivity contribution is 5.90. The number of aromatic nitrogens is 2. The van der Waals surface area contributed by atoms with Crippen LogP contribution < -0.4 is 10.2 Å². The number of para-hydroxylation sites is 1. The van der Waals surface area contributed by atoms with E-state index in [0.717, 1.165) is 49.4 Å². The Morgan fingerprint density at radius 2 is 1.69 bits per heavy atom. The summed E-state index contributed by atoms with van der Waals surface area (Å²) in [6, 6.07) is 9.20. The minimum Gasteiger partial charge on any atom is -0.356 e. The van der Waals surface area contributed by atoms with Crippen molar-refractivity contribution in [3.63, 3.8) is 0 Å². The van der Waals surface area contributed by atoms with Crippen molar-refractivity contribution in [1.82, 2.24) is 14.9 Å². The molecule has 1 atom stereocenters. The number of nitrogens with one attached hydrogen (secondary N) is 1. The monoisotopic (exact) mass is 395 g/mol. The number of hydrogen-bond acceptors (Lipinski definition) is 5. The molecular formula is C24H37N5. The Balaban J connectivity index is 1.43. The van der Waals surface area contributed by atoms with Crippen LogP contribution in [0.4, 0.5) is 11.8 Å². The Bertz CT molecular complexity index is 769. The third-order valence-electron chi connectivity index (χ3n) is 6.58. The van der Waals surface area contributed by atoms with Crippen LogP contribution in [0.1, 0.15) is 64.7 Å². The number of likely N-dealkylation sites (tertiary alicyclic amines) is 1. The lowest BCUT2D eigenvalue weighted by atomic mass is 10.0. The fourth-order valence-corrected chi connectivity index (χ4v) is 4.81. The van der Waals surface area contributed by atoms with Crippen LogP contribution in [-0.4, -0.2) is 53.6 Å². The fourth-order valence-electron chi connectivity index (χ4n) is 4.81. The van der Waals surface area contributed by atoms with Crippen molar-refractivity contribution in [2.24, 2.45) is 0 Å². The summed E-state index contributed by atoms with van der Waals surface area (Å²) < 4.78 is 0. The van der Waals surface area contributed by atoms with Crippen LogP contribution in [-0.2, 0) is 0 Å². The third kappa shape index (κ3) is 5.39. The highest BCUT2D eigenvalue weighted by Crippen LogP contribution is 2.27. The maximum atomic E-state index is 4.99. The van der Waals surface area contributed by atoms with Gasteiger partial charge in [-0.1, -0.05) is 37.8 Å². The Kier molecular flexibility index (Phi) is 7.20. The van der Waals surface area contributed by atoms with Gasteiger partial charge in [0.05, 0.1) is 5.52 Å². The zero-order valence-corrected chi connectivity index (χ0v) is 18.1. The van der Waals surface area contributed by atoms with Gasteiger partial charge in [-0.2, -0.15) is 4.98 Å². The van der Waals surface area contributed by atoms with Crippen molar-refractivity contribution in [3.05, 3.63) is 24.3 Å². The van der Waals surface area contributed by atoms with E-state index < -0.39 is 0 Å². The predicted molar refractivity (Wildman–Crippen MR) is 123 cm³/mol. The molecule has 1 aromatic carbocycles. The number of benzene rings is 1. The van der Waals surface area contributed by atoms with Crippen LogP contribution in [0.25, 0.3) is 10.9 Å². The number of hydrogen-bond donors (Lipinski definition) is 1. The number of fused-ring (bicyclic) bond motifs is 1. The minimum absolute atomic E-state index is 0.736. The van der Waals surface area contributed by atoms with E-state index in [4.69, 9.17) is 9.97 Å². The first-order valence-electron chi connectivity index (χ1n) is 11.8. The number of anilines is 2. The van der Waals surface area contributed by atoms with E-state index >= 15 is 0 Å². The van der Waals surface area contributed by atoms with Gasteiger partial charge in [0.15, 0.2) is 0 Å². The molecule has 158 valence electrons. The molecule has 2 fully saturated rings. The number of nitrogens with zero attached hydrogens (tertiary/aromatic N) is 4. The Morgan fingerprint density at radius 3 is 2.52 bits per heavy atom. The van der Waals surface area contributed by atoms with Gasteiger partial charge in [0.25, 0.3) is 0 Å². The maximum Gasteiger partial charge on any atom is 0.225 e. The van der Waals surface area contributed by atoms with E-state index in [-0.39, 0.29) is 0 Å². The summed E-state index contributed by atoms with van der Waals surface area (Å²) in [5.74, 6) is 1.90. The molecule has 5 nitrogen and oxygen atoms in total. The van der Waals surface area contributed by atoms with Gasteiger partial charge >= 0.3 is 0 Å². The molecule has 2 saturated heterocycles. The van der Waals surface area contributed by atoms with Crippen molar-refractivity contribution >= 4 is 22.7 Å². The van der Waals surface area contributed by atoms with Gasteiger partial charge in [0, 0.05) is 37.6 Å². The summed E-state index contributed by atoms with van der Waals surface area (Å²) >= 11 is 0. The molecule has 2 aromatic rings. The summed E-state index contributed by atoms with van der Waals surface area (Å²) in [6.45, 7) is 7.93. The first-order chi connectivity index (χ1) is 14.3. The normalized spacial score (nSPS) is 21.7. The van der Waals surface area contributed by atoms with Gasteiger partial charge < -0.3 is 15.1 Å². The van der Waals surface area contributed by atoms with Crippen LogP contribution >= 0.6 is 0 Å². The van der Waals surface area contributed by atoms with Crippen molar-refractivity contribution in [3.8, 4) is 0 Å². The van der Waals surface area contributed by atoms with Gasteiger partial charge in [-0.3, -0.25) is 0 Å². The third-order valence-corrected chi connectivity index (χ3v) is 6.58. The standard InChI is InChI=1S/C24H37N5/c1-20-12-7-10-16-28(20)19-11-15-25-24-26-22-14-6-5-13-21(22)23(27-24)29-17-8-3-2-4-9-18-29/h5-6,13-14,20H,2-4,7-12,15-19H2,1H3,(H,25,26,27). The van der Waals surface area contributed by atoms with Crippen molar-refractivity contribution in [1.29, 1.82) is 0 Å². The van der Waals surface area contributed by atoms with Gasteiger partial charge in [0.2, 0.25) is 5.95 Å². The van der Waals surface area contributed by atoms with Gasteiger partial charge in [-0.25, -0.2) is 4.98 Å². The van der Waals surface area contributed by atoms with Crippen LogP contribution in [0.3, 0.4) is 0 Å². The van der Waals surface area contributed by atoms with Crippen molar-refractivity contribution in [2.75, 3.05) is 42.9 Å². The van der Waals surface area contributed by atoms with Crippen molar-refractivity contribution in [2.45, 2.75) is 70.8 Å². The molecule has 4 rings (SSSR count). The topological polar surface area (TPSA) is 44.3 Å². The molecule has 2 aliphatic heterocycles. The first kappa shape index (κ1) is 20.4. The SMILES string of the molecule is CC1CCCCN1CCCNc1nc(N2CCCCCCC2)c2ccccc2n1. The lowest BCUT2D eigenvalue weighted by molar-refractivity contribution is 0.160. The molecule has 0 radical (unpaired) electrons. The van der Waals surface area contributed by atoms with E-state index in [1.54, 1.807) is 0 Å². The second kappa shape index (κ2) is 10.2. The number of rotatable bonds is 6.